The molecule has 0 aromatic carbocycles. The maximum Gasteiger partial charge on any atom is 0.393 e. The Morgan fingerprint density at radius 3 is 2.37 bits per heavy atom. The van der Waals surface area contributed by atoms with E-state index in [-0.39, 0.29) is 18.9 Å². The minimum Gasteiger partial charge on any atom is -0.342 e. The zero-order valence-electron chi connectivity index (χ0n) is 11.2. The molecule has 19 heavy (non-hydrogen) atoms. The molecule has 0 aromatic heterocycles. The van der Waals surface area contributed by atoms with Gasteiger partial charge in [-0.1, -0.05) is 19.3 Å². The Bertz CT molecular complexity index is 310. The third kappa shape index (κ3) is 4.11. The summed E-state index contributed by atoms with van der Waals surface area (Å²) in [6, 6.07) is 0. The van der Waals surface area contributed by atoms with Crippen molar-refractivity contribution < 1.29 is 18.0 Å². The smallest absolute Gasteiger partial charge is 0.342 e. The second kappa shape index (κ2) is 6.14. The third-order valence-electron chi connectivity index (χ3n) is 4.43. The lowest BCUT2D eigenvalue weighted by molar-refractivity contribution is -0.188. The van der Waals surface area contributed by atoms with Crippen LogP contribution >= 0.6 is 0 Å². The molecule has 1 aliphatic carbocycles. The van der Waals surface area contributed by atoms with E-state index >= 15 is 0 Å². The first-order valence-corrected chi connectivity index (χ1v) is 7.31. The van der Waals surface area contributed by atoms with Gasteiger partial charge in [0.05, 0.1) is 5.92 Å². The molecule has 2 nitrogen and oxygen atoms in total. The molecular formula is C14H22F3NO. The molecule has 2 fully saturated rings. The highest BCUT2D eigenvalue weighted by molar-refractivity contribution is 5.76. The van der Waals surface area contributed by atoms with Crippen LogP contribution in [0.25, 0.3) is 0 Å². The van der Waals surface area contributed by atoms with Gasteiger partial charge in [0.25, 0.3) is 0 Å². The topological polar surface area (TPSA) is 20.3 Å². The Labute approximate surface area is 112 Å². The van der Waals surface area contributed by atoms with Crippen LogP contribution in [-0.2, 0) is 4.79 Å². The molecule has 0 radical (unpaired) electrons. The summed E-state index contributed by atoms with van der Waals surface area (Å²) < 4.78 is 38.1. The van der Waals surface area contributed by atoms with Crippen molar-refractivity contribution in [3.05, 3.63) is 0 Å². The first-order valence-electron chi connectivity index (χ1n) is 7.31. The van der Waals surface area contributed by atoms with E-state index in [2.05, 4.69) is 0 Å². The van der Waals surface area contributed by atoms with Gasteiger partial charge in [-0.15, -0.1) is 0 Å². The van der Waals surface area contributed by atoms with Gasteiger partial charge in [0.2, 0.25) is 5.91 Å². The Kier molecular flexibility index (Phi) is 4.74. The number of nitrogens with zero attached hydrogens (tertiary/aromatic N) is 1. The summed E-state index contributed by atoms with van der Waals surface area (Å²) >= 11 is 0. The van der Waals surface area contributed by atoms with E-state index < -0.39 is 12.1 Å². The zero-order valence-corrected chi connectivity index (χ0v) is 11.2. The Morgan fingerprint density at radius 2 is 1.74 bits per heavy atom. The fourth-order valence-electron chi connectivity index (χ4n) is 3.24. The lowest BCUT2D eigenvalue weighted by Crippen LogP contribution is -2.45. The van der Waals surface area contributed by atoms with Gasteiger partial charge in [-0.3, -0.25) is 4.79 Å². The second-order valence-electron chi connectivity index (χ2n) is 5.93. The predicted octanol–water partition coefficient (Wildman–Crippen LogP) is 3.76. The third-order valence-corrected chi connectivity index (χ3v) is 4.43. The van der Waals surface area contributed by atoms with Crippen molar-refractivity contribution in [3.8, 4) is 0 Å². The van der Waals surface area contributed by atoms with Crippen molar-refractivity contribution >= 4 is 5.91 Å². The highest BCUT2D eigenvalue weighted by Crippen LogP contribution is 2.34. The minimum absolute atomic E-state index is 0.0687. The van der Waals surface area contributed by atoms with Crippen LogP contribution in [0, 0.1) is 11.8 Å². The fourth-order valence-corrected chi connectivity index (χ4v) is 3.24. The van der Waals surface area contributed by atoms with Crippen LogP contribution < -0.4 is 0 Å². The van der Waals surface area contributed by atoms with Gasteiger partial charge < -0.3 is 4.90 Å². The average Bonchev–Trinajstić information content (AvgIpc) is 2.39. The number of carbonyl (C=O) groups excluding carboxylic acids is 1. The molecule has 1 amide bonds. The molecule has 5 heteroatoms. The van der Waals surface area contributed by atoms with Crippen LogP contribution in [0.4, 0.5) is 13.2 Å². The SMILES string of the molecule is O=C(CC1CCCCC1)N1CCC[C@H](C(F)(F)F)C1. The van der Waals surface area contributed by atoms with Crippen LogP contribution in [0.1, 0.15) is 51.4 Å². The van der Waals surface area contributed by atoms with E-state index in [0.29, 0.717) is 25.3 Å². The molecule has 0 unspecified atom stereocenters. The molecule has 1 aliphatic heterocycles. The molecule has 0 aromatic rings. The van der Waals surface area contributed by atoms with Crippen molar-refractivity contribution in [2.75, 3.05) is 13.1 Å². The van der Waals surface area contributed by atoms with Gasteiger partial charge in [-0.05, 0) is 31.6 Å². The largest absolute Gasteiger partial charge is 0.393 e. The number of hydrogen-bond acceptors (Lipinski definition) is 1. The first-order chi connectivity index (χ1) is 8.97. The predicted molar refractivity (Wildman–Crippen MR) is 66.6 cm³/mol. The van der Waals surface area contributed by atoms with E-state index in [9.17, 15) is 18.0 Å². The van der Waals surface area contributed by atoms with Gasteiger partial charge in [-0.25, -0.2) is 0 Å². The quantitative estimate of drug-likeness (QED) is 0.752. The summed E-state index contributed by atoms with van der Waals surface area (Å²) in [6.45, 7) is 0.368. The van der Waals surface area contributed by atoms with Crippen LogP contribution in [0.3, 0.4) is 0 Å². The van der Waals surface area contributed by atoms with E-state index in [4.69, 9.17) is 0 Å². The summed E-state index contributed by atoms with van der Waals surface area (Å²) in [7, 11) is 0. The number of amides is 1. The zero-order chi connectivity index (χ0) is 13.9. The van der Waals surface area contributed by atoms with Gasteiger partial charge in [0.1, 0.15) is 0 Å². The number of alkyl halides is 3. The highest BCUT2D eigenvalue weighted by Gasteiger charge is 2.42. The molecule has 1 saturated heterocycles. The molecule has 110 valence electrons. The van der Waals surface area contributed by atoms with Crippen molar-refractivity contribution in [2.45, 2.75) is 57.5 Å². The summed E-state index contributed by atoms with van der Waals surface area (Å²) in [5.41, 5.74) is 0. The molecule has 0 N–H and O–H groups in total. The molecule has 2 rings (SSSR count). The second-order valence-corrected chi connectivity index (χ2v) is 5.93. The van der Waals surface area contributed by atoms with E-state index in [0.717, 1.165) is 25.7 Å². The molecule has 0 bridgehead atoms. The molecule has 2 aliphatic rings. The van der Waals surface area contributed by atoms with Crippen molar-refractivity contribution in [2.24, 2.45) is 11.8 Å². The van der Waals surface area contributed by atoms with Crippen LogP contribution in [0.15, 0.2) is 0 Å². The molecule has 0 spiro atoms. The number of likely N-dealkylation sites (tertiary alicyclic amines) is 1. The Balaban J connectivity index is 1.84. The van der Waals surface area contributed by atoms with Gasteiger partial charge in [0.15, 0.2) is 0 Å². The number of hydrogen-bond donors (Lipinski definition) is 0. The van der Waals surface area contributed by atoms with Crippen molar-refractivity contribution in [1.29, 1.82) is 0 Å². The summed E-state index contributed by atoms with van der Waals surface area (Å²) in [5, 5.41) is 0. The molecular weight excluding hydrogens is 255 g/mol. The van der Waals surface area contributed by atoms with Crippen molar-refractivity contribution in [1.82, 2.24) is 4.90 Å². The summed E-state index contributed by atoms with van der Waals surface area (Å²) in [6.07, 6.45) is 2.58. The normalized spacial score (nSPS) is 26.5. The fraction of sp³-hybridized carbons (Fsp3) is 0.929. The van der Waals surface area contributed by atoms with Crippen LogP contribution in [0.2, 0.25) is 0 Å². The Hall–Kier alpha value is -0.740. The van der Waals surface area contributed by atoms with Crippen LogP contribution in [-0.4, -0.2) is 30.1 Å². The average molecular weight is 277 g/mol. The number of carbonyl (C=O) groups is 1. The first kappa shape index (κ1) is 14.7. The standard InChI is InChI=1S/C14H22F3NO/c15-14(16,17)12-7-4-8-18(10-12)13(19)9-11-5-2-1-3-6-11/h11-12H,1-10H2/t12-/m0/s1. The van der Waals surface area contributed by atoms with E-state index in [1.807, 2.05) is 0 Å². The highest BCUT2D eigenvalue weighted by atomic mass is 19.4. The Morgan fingerprint density at radius 1 is 1.05 bits per heavy atom. The van der Waals surface area contributed by atoms with E-state index in [1.165, 1.54) is 11.3 Å². The molecule has 1 saturated carbocycles. The summed E-state index contributed by atoms with van der Waals surface area (Å²) in [5.74, 6) is -0.995. The maximum absolute atomic E-state index is 12.7. The number of piperidine rings is 1. The van der Waals surface area contributed by atoms with Crippen LogP contribution in [0.5, 0.6) is 0 Å². The lowest BCUT2D eigenvalue weighted by Gasteiger charge is -2.35. The number of halogens is 3. The van der Waals surface area contributed by atoms with Gasteiger partial charge >= 0.3 is 6.18 Å². The minimum atomic E-state index is -4.16. The molecule has 1 atom stereocenters. The number of rotatable bonds is 2. The van der Waals surface area contributed by atoms with Gasteiger partial charge in [0, 0.05) is 19.5 Å². The molecule has 1 heterocycles. The summed E-state index contributed by atoms with van der Waals surface area (Å²) in [4.78, 5) is 13.5. The van der Waals surface area contributed by atoms with Crippen molar-refractivity contribution in [3.63, 3.8) is 0 Å². The monoisotopic (exact) mass is 277 g/mol. The maximum atomic E-state index is 12.7. The van der Waals surface area contributed by atoms with E-state index in [1.54, 1.807) is 0 Å². The lowest BCUT2D eigenvalue weighted by atomic mass is 9.86. The van der Waals surface area contributed by atoms with Gasteiger partial charge in [-0.2, -0.15) is 13.2 Å².